The number of nitrogens with one attached hydrogen (secondary N) is 1. The molecule has 0 aliphatic carbocycles. The first-order valence-electron chi connectivity index (χ1n) is 5.68. The number of anilines is 1. The fourth-order valence-electron chi connectivity index (χ4n) is 1.41. The van der Waals surface area contributed by atoms with Crippen LogP contribution < -0.4 is 10.1 Å². The number of rotatable bonds is 6. The Morgan fingerprint density at radius 3 is 2.70 bits per heavy atom. The van der Waals surface area contributed by atoms with Crippen LogP contribution in [0.3, 0.4) is 0 Å². The van der Waals surface area contributed by atoms with Gasteiger partial charge in [-0.2, -0.15) is 0 Å². The summed E-state index contributed by atoms with van der Waals surface area (Å²) < 4.78 is 45.7. The summed E-state index contributed by atoms with van der Waals surface area (Å²) in [5.41, 5.74) is 0.204. The maximum absolute atomic E-state index is 12.3. The smallest absolute Gasteiger partial charge is 0.469 e. The first-order valence-corrected chi connectivity index (χ1v) is 6.47. The summed E-state index contributed by atoms with van der Waals surface area (Å²) in [5, 5.41) is 2.79. The van der Waals surface area contributed by atoms with Crippen LogP contribution in [0.25, 0.3) is 0 Å². The lowest BCUT2D eigenvalue weighted by Gasteiger charge is -2.14. The zero-order valence-corrected chi connectivity index (χ0v) is 12.2. The Morgan fingerprint density at radius 2 is 2.10 bits per heavy atom. The molecule has 0 atom stereocenters. The molecule has 0 heterocycles. The minimum absolute atomic E-state index is 0.190. The number of esters is 1. The van der Waals surface area contributed by atoms with Crippen molar-refractivity contribution in [3.8, 4) is 5.75 Å². The van der Waals surface area contributed by atoms with Gasteiger partial charge in [0.2, 0.25) is 0 Å². The van der Waals surface area contributed by atoms with Gasteiger partial charge >= 0.3 is 12.3 Å². The van der Waals surface area contributed by atoms with Crippen LogP contribution >= 0.6 is 15.9 Å². The SMILES string of the molecule is COC(=O)CCCNc1ccc(Br)cc1OC(F)(F)F. The highest BCUT2D eigenvalue weighted by Crippen LogP contribution is 2.32. The van der Waals surface area contributed by atoms with E-state index in [0.717, 1.165) is 0 Å². The van der Waals surface area contributed by atoms with E-state index < -0.39 is 6.36 Å². The highest BCUT2D eigenvalue weighted by Gasteiger charge is 2.32. The monoisotopic (exact) mass is 355 g/mol. The molecule has 0 aromatic heterocycles. The molecule has 8 heteroatoms. The maximum atomic E-state index is 12.3. The average Bonchev–Trinajstić information content (AvgIpc) is 2.34. The van der Waals surface area contributed by atoms with Gasteiger partial charge in [-0.1, -0.05) is 15.9 Å². The van der Waals surface area contributed by atoms with Crippen LogP contribution in [0.5, 0.6) is 5.75 Å². The largest absolute Gasteiger partial charge is 0.573 e. The van der Waals surface area contributed by atoms with Crippen molar-refractivity contribution in [2.24, 2.45) is 0 Å². The molecule has 0 spiro atoms. The molecule has 20 heavy (non-hydrogen) atoms. The standard InChI is InChI=1S/C12H13BrF3NO3/c1-19-11(18)3-2-6-17-9-5-4-8(13)7-10(9)20-12(14,15)16/h4-5,7,17H,2-3,6H2,1H3. The lowest BCUT2D eigenvalue weighted by molar-refractivity contribution is -0.274. The van der Waals surface area contributed by atoms with Gasteiger partial charge in [-0.25, -0.2) is 0 Å². The van der Waals surface area contributed by atoms with Crippen LogP contribution in [0.2, 0.25) is 0 Å². The minimum atomic E-state index is -4.76. The maximum Gasteiger partial charge on any atom is 0.573 e. The second-order valence-electron chi connectivity index (χ2n) is 3.79. The number of methoxy groups -OCH3 is 1. The Morgan fingerprint density at radius 1 is 1.40 bits per heavy atom. The summed E-state index contributed by atoms with van der Waals surface area (Å²) in [6.07, 6.45) is -4.13. The van der Waals surface area contributed by atoms with Crippen LogP contribution in [0, 0.1) is 0 Å². The molecule has 1 N–H and O–H groups in total. The Bertz CT molecular complexity index is 466. The van der Waals surface area contributed by atoms with Gasteiger partial charge in [0.25, 0.3) is 0 Å². The van der Waals surface area contributed by atoms with Crippen molar-refractivity contribution in [1.29, 1.82) is 0 Å². The van der Waals surface area contributed by atoms with Crippen molar-refractivity contribution in [3.63, 3.8) is 0 Å². The lowest BCUT2D eigenvalue weighted by atomic mass is 10.2. The van der Waals surface area contributed by atoms with Crippen molar-refractivity contribution in [3.05, 3.63) is 22.7 Å². The summed E-state index contributed by atoms with van der Waals surface area (Å²) in [6.45, 7) is 0.324. The van der Waals surface area contributed by atoms with Crippen molar-refractivity contribution in [2.45, 2.75) is 19.2 Å². The highest BCUT2D eigenvalue weighted by atomic mass is 79.9. The summed E-state index contributed by atoms with van der Waals surface area (Å²) in [7, 11) is 1.28. The molecular formula is C12H13BrF3NO3. The summed E-state index contributed by atoms with van der Waals surface area (Å²) in [5.74, 6) is -0.695. The second-order valence-corrected chi connectivity index (χ2v) is 4.71. The molecule has 4 nitrogen and oxygen atoms in total. The van der Waals surface area contributed by atoms with Crippen molar-refractivity contribution in [1.82, 2.24) is 0 Å². The number of ether oxygens (including phenoxy) is 2. The number of alkyl halides is 3. The Kier molecular flexibility index (Phi) is 6.12. The molecule has 0 saturated heterocycles. The molecule has 0 bridgehead atoms. The molecule has 0 unspecified atom stereocenters. The van der Waals surface area contributed by atoms with Crippen LogP contribution in [-0.4, -0.2) is 26.0 Å². The molecular weight excluding hydrogens is 343 g/mol. The van der Waals surface area contributed by atoms with E-state index in [1.807, 2.05) is 0 Å². The molecule has 0 aliphatic rings. The minimum Gasteiger partial charge on any atom is -0.469 e. The predicted octanol–water partition coefficient (Wildman–Crippen LogP) is 3.71. The number of carbonyl (C=O) groups excluding carboxylic acids is 1. The highest BCUT2D eigenvalue weighted by molar-refractivity contribution is 9.10. The number of hydrogen-bond acceptors (Lipinski definition) is 4. The van der Waals surface area contributed by atoms with Crippen LogP contribution in [-0.2, 0) is 9.53 Å². The molecule has 112 valence electrons. The summed E-state index contributed by atoms with van der Waals surface area (Å²) in [6, 6.07) is 4.27. The third kappa shape index (κ3) is 6.14. The number of benzene rings is 1. The first-order chi connectivity index (χ1) is 9.31. The van der Waals surface area contributed by atoms with Gasteiger partial charge in [0.1, 0.15) is 0 Å². The Labute approximate surface area is 122 Å². The van der Waals surface area contributed by atoms with E-state index in [1.165, 1.54) is 19.2 Å². The van der Waals surface area contributed by atoms with E-state index in [1.54, 1.807) is 6.07 Å². The van der Waals surface area contributed by atoms with E-state index in [-0.39, 0.29) is 23.8 Å². The quantitative estimate of drug-likeness (QED) is 0.624. The molecule has 1 aromatic rings. The van der Waals surface area contributed by atoms with E-state index in [4.69, 9.17) is 0 Å². The van der Waals surface area contributed by atoms with Gasteiger partial charge < -0.3 is 14.8 Å². The van der Waals surface area contributed by atoms with Crippen LogP contribution in [0.4, 0.5) is 18.9 Å². The molecule has 0 amide bonds. The normalized spacial score (nSPS) is 11.1. The van der Waals surface area contributed by atoms with Gasteiger partial charge in [-0.05, 0) is 24.6 Å². The molecule has 1 rings (SSSR count). The van der Waals surface area contributed by atoms with E-state index in [9.17, 15) is 18.0 Å². The van der Waals surface area contributed by atoms with Crippen LogP contribution in [0.1, 0.15) is 12.8 Å². The zero-order valence-electron chi connectivity index (χ0n) is 10.6. The topological polar surface area (TPSA) is 47.6 Å². The fraction of sp³-hybridized carbons (Fsp3) is 0.417. The Balaban J connectivity index is 2.62. The summed E-state index contributed by atoms with van der Waals surface area (Å²) >= 11 is 3.08. The molecule has 0 fully saturated rings. The van der Waals surface area contributed by atoms with Crippen LogP contribution in [0.15, 0.2) is 22.7 Å². The zero-order chi connectivity index (χ0) is 15.2. The third-order valence-corrected chi connectivity index (χ3v) is 2.76. The third-order valence-electron chi connectivity index (χ3n) is 2.27. The van der Waals surface area contributed by atoms with Gasteiger partial charge in [0.15, 0.2) is 5.75 Å². The van der Waals surface area contributed by atoms with Gasteiger partial charge in [0, 0.05) is 17.4 Å². The predicted molar refractivity (Wildman–Crippen MR) is 70.6 cm³/mol. The molecule has 0 aliphatic heterocycles. The van der Waals surface area contributed by atoms with Gasteiger partial charge in [0.05, 0.1) is 12.8 Å². The number of hydrogen-bond donors (Lipinski definition) is 1. The van der Waals surface area contributed by atoms with Crippen molar-refractivity contribution >= 4 is 27.6 Å². The van der Waals surface area contributed by atoms with E-state index >= 15 is 0 Å². The molecule has 0 saturated carbocycles. The second kappa shape index (κ2) is 7.37. The molecule has 0 radical (unpaired) electrons. The molecule has 1 aromatic carbocycles. The average molecular weight is 356 g/mol. The summed E-state index contributed by atoms with van der Waals surface area (Å²) in [4.78, 5) is 10.9. The fourth-order valence-corrected chi connectivity index (χ4v) is 1.75. The van der Waals surface area contributed by atoms with E-state index in [0.29, 0.717) is 17.4 Å². The van der Waals surface area contributed by atoms with Crippen molar-refractivity contribution in [2.75, 3.05) is 19.0 Å². The van der Waals surface area contributed by atoms with Crippen molar-refractivity contribution < 1.29 is 27.4 Å². The van der Waals surface area contributed by atoms with E-state index in [2.05, 4.69) is 30.7 Å². The number of halogens is 4. The van der Waals surface area contributed by atoms with Gasteiger partial charge in [-0.15, -0.1) is 13.2 Å². The van der Waals surface area contributed by atoms with Gasteiger partial charge in [-0.3, -0.25) is 4.79 Å². The Hall–Kier alpha value is -1.44. The first kappa shape index (κ1) is 16.6. The number of carbonyl (C=O) groups is 1. The lowest BCUT2D eigenvalue weighted by Crippen LogP contribution is -2.18.